The maximum Gasteiger partial charge on any atom is 0.320 e. The lowest BCUT2D eigenvalue weighted by Gasteiger charge is -2.08. The molecule has 0 amide bonds. The number of aliphatic carboxylic acids is 1. The first-order valence-electron chi connectivity index (χ1n) is 6.07. The average Bonchev–Trinajstić information content (AvgIpc) is 2.43. The van der Waals surface area contributed by atoms with Crippen LogP contribution in [0.5, 0.6) is 0 Å². The molecule has 0 aliphatic heterocycles. The minimum atomic E-state index is -1.00. The number of rotatable bonds is 8. The first-order valence-corrected chi connectivity index (χ1v) is 6.07. The van der Waals surface area contributed by atoms with Gasteiger partial charge in [-0.25, -0.2) is 4.79 Å². The smallest absolute Gasteiger partial charge is 0.320 e. The minimum Gasteiger partial charge on any atom is -0.483 e. The fraction of sp³-hybridized carbons (Fsp3) is 0.357. The van der Waals surface area contributed by atoms with Gasteiger partial charge in [-0.05, 0) is 19.3 Å². The standard InChI is InChI=1S/C14H17NO4/c15-12(14(17)18)8-4-5-9-19-13(10-16)11-6-2-1-3-7-11/h1-3,6-7,12H,4-5,8-9,15H2,(H,17,18). The third-order valence-electron chi connectivity index (χ3n) is 2.60. The molecule has 1 rings (SSSR count). The molecule has 0 aromatic heterocycles. The Morgan fingerprint density at radius 2 is 2.00 bits per heavy atom. The SMILES string of the molecule is NC(CCCCOC(=C=O)c1ccccc1)C(=O)O. The lowest BCUT2D eigenvalue weighted by molar-refractivity contribution is -0.138. The summed E-state index contributed by atoms with van der Waals surface area (Å²) in [5, 5.41) is 8.60. The average molecular weight is 263 g/mol. The van der Waals surface area contributed by atoms with E-state index in [4.69, 9.17) is 15.6 Å². The van der Waals surface area contributed by atoms with E-state index in [9.17, 15) is 9.59 Å². The molecule has 0 saturated heterocycles. The molecule has 19 heavy (non-hydrogen) atoms. The second kappa shape index (κ2) is 8.08. The molecule has 5 heteroatoms. The largest absolute Gasteiger partial charge is 0.483 e. The molecule has 1 unspecified atom stereocenters. The van der Waals surface area contributed by atoms with Gasteiger partial charge in [0.2, 0.25) is 5.76 Å². The Balaban J connectivity index is 2.29. The summed E-state index contributed by atoms with van der Waals surface area (Å²) >= 11 is 0. The van der Waals surface area contributed by atoms with Crippen molar-refractivity contribution >= 4 is 17.7 Å². The fourth-order valence-corrected chi connectivity index (χ4v) is 1.53. The minimum absolute atomic E-state index is 0.170. The number of carbonyl (C=O) groups is 1. The van der Waals surface area contributed by atoms with Gasteiger partial charge in [0.25, 0.3) is 0 Å². The third-order valence-corrected chi connectivity index (χ3v) is 2.60. The predicted octanol–water partition coefficient (Wildman–Crippen LogP) is 1.46. The molecule has 102 valence electrons. The molecule has 0 spiro atoms. The van der Waals surface area contributed by atoms with Crippen molar-refractivity contribution in [2.45, 2.75) is 25.3 Å². The van der Waals surface area contributed by atoms with Crippen molar-refractivity contribution in [3.63, 3.8) is 0 Å². The van der Waals surface area contributed by atoms with Crippen LogP contribution in [0.25, 0.3) is 5.76 Å². The van der Waals surface area contributed by atoms with Gasteiger partial charge < -0.3 is 15.6 Å². The maximum absolute atomic E-state index is 10.8. The number of carboxylic acids is 1. The van der Waals surface area contributed by atoms with Crippen molar-refractivity contribution in [1.29, 1.82) is 0 Å². The van der Waals surface area contributed by atoms with Gasteiger partial charge in [0.15, 0.2) is 5.94 Å². The van der Waals surface area contributed by atoms with Crippen LogP contribution >= 0.6 is 0 Å². The molecule has 0 heterocycles. The summed E-state index contributed by atoms with van der Waals surface area (Å²) in [6.07, 6.45) is 1.66. The van der Waals surface area contributed by atoms with E-state index in [0.29, 0.717) is 31.4 Å². The monoisotopic (exact) mass is 263 g/mol. The molecule has 0 fully saturated rings. The van der Waals surface area contributed by atoms with Gasteiger partial charge in [0.05, 0.1) is 6.61 Å². The van der Waals surface area contributed by atoms with E-state index in [1.54, 1.807) is 18.1 Å². The van der Waals surface area contributed by atoms with Gasteiger partial charge in [-0.3, -0.25) is 4.79 Å². The van der Waals surface area contributed by atoms with Crippen LogP contribution in [-0.2, 0) is 14.3 Å². The van der Waals surface area contributed by atoms with Crippen molar-refractivity contribution in [3.05, 3.63) is 35.9 Å². The summed E-state index contributed by atoms with van der Waals surface area (Å²) < 4.78 is 5.32. The van der Waals surface area contributed by atoms with E-state index in [1.165, 1.54) is 0 Å². The highest BCUT2D eigenvalue weighted by Gasteiger charge is 2.10. The highest BCUT2D eigenvalue weighted by Crippen LogP contribution is 2.13. The Labute approximate surface area is 111 Å². The number of hydrogen-bond donors (Lipinski definition) is 2. The van der Waals surface area contributed by atoms with Gasteiger partial charge in [-0.15, -0.1) is 0 Å². The van der Waals surface area contributed by atoms with Gasteiger partial charge in [-0.1, -0.05) is 30.3 Å². The van der Waals surface area contributed by atoms with Crippen molar-refractivity contribution < 1.29 is 19.4 Å². The maximum atomic E-state index is 10.8. The molecule has 1 aromatic rings. The molecule has 0 aliphatic carbocycles. The first-order chi connectivity index (χ1) is 9.15. The van der Waals surface area contributed by atoms with Crippen molar-refractivity contribution in [2.75, 3.05) is 6.61 Å². The summed E-state index contributed by atoms with van der Waals surface area (Å²) in [6, 6.07) is 8.15. The summed E-state index contributed by atoms with van der Waals surface area (Å²) in [7, 11) is 0. The van der Waals surface area contributed by atoms with Crippen LogP contribution < -0.4 is 5.73 Å². The number of ether oxygens (including phenoxy) is 1. The van der Waals surface area contributed by atoms with Crippen molar-refractivity contribution in [1.82, 2.24) is 0 Å². The Kier molecular flexibility index (Phi) is 6.36. The molecule has 3 N–H and O–H groups in total. The zero-order chi connectivity index (χ0) is 14.1. The predicted molar refractivity (Wildman–Crippen MR) is 71.0 cm³/mol. The lowest BCUT2D eigenvalue weighted by Crippen LogP contribution is -2.29. The van der Waals surface area contributed by atoms with Crippen LogP contribution in [0.1, 0.15) is 24.8 Å². The van der Waals surface area contributed by atoms with Crippen LogP contribution in [0.2, 0.25) is 0 Å². The molecule has 1 atom stereocenters. The Morgan fingerprint density at radius 3 is 2.58 bits per heavy atom. The first kappa shape index (κ1) is 15.0. The van der Waals surface area contributed by atoms with E-state index in [0.717, 1.165) is 0 Å². The zero-order valence-corrected chi connectivity index (χ0v) is 10.5. The van der Waals surface area contributed by atoms with Gasteiger partial charge in [-0.2, -0.15) is 0 Å². The van der Waals surface area contributed by atoms with Crippen LogP contribution in [0.4, 0.5) is 0 Å². The van der Waals surface area contributed by atoms with E-state index in [2.05, 4.69) is 0 Å². The summed E-state index contributed by atoms with van der Waals surface area (Å²) in [6.45, 7) is 0.339. The summed E-state index contributed by atoms with van der Waals surface area (Å²) in [5.41, 5.74) is 6.05. The zero-order valence-electron chi connectivity index (χ0n) is 10.5. The number of carboxylic acid groups (broad SMARTS) is 1. The Hall–Kier alpha value is -2.10. The third kappa shape index (κ3) is 5.38. The molecule has 0 radical (unpaired) electrons. The van der Waals surface area contributed by atoms with Gasteiger partial charge in [0, 0.05) is 5.56 Å². The summed E-state index contributed by atoms with van der Waals surface area (Å²) in [4.78, 5) is 21.3. The van der Waals surface area contributed by atoms with Gasteiger partial charge >= 0.3 is 5.97 Å². The number of carbonyl (C=O) groups excluding carboxylic acids is 1. The second-order valence-electron chi connectivity index (χ2n) is 4.09. The Bertz CT molecular complexity index is 452. The van der Waals surface area contributed by atoms with E-state index >= 15 is 0 Å². The highest BCUT2D eigenvalue weighted by atomic mass is 16.5. The summed E-state index contributed by atoms with van der Waals surface area (Å²) in [5.74, 6) is 0.930. The molecule has 0 saturated carbocycles. The van der Waals surface area contributed by atoms with Crippen molar-refractivity contribution in [3.8, 4) is 0 Å². The lowest BCUT2D eigenvalue weighted by atomic mass is 10.1. The molecule has 0 bridgehead atoms. The van der Waals surface area contributed by atoms with E-state index in [-0.39, 0.29) is 5.76 Å². The number of hydrogen-bond acceptors (Lipinski definition) is 4. The highest BCUT2D eigenvalue weighted by molar-refractivity contribution is 5.83. The Morgan fingerprint density at radius 1 is 1.32 bits per heavy atom. The van der Waals surface area contributed by atoms with Crippen LogP contribution in [-0.4, -0.2) is 29.7 Å². The fourth-order valence-electron chi connectivity index (χ4n) is 1.53. The van der Waals surface area contributed by atoms with Crippen LogP contribution in [0.3, 0.4) is 0 Å². The molecule has 0 aliphatic rings. The quantitative estimate of drug-likeness (QED) is 0.421. The molecule has 1 aromatic carbocycles. The van der Waals surface area contributed by atoms with E-state index in [1.807, 2.05) is 18.2 Å². The van der Waals surface area contributed by atoms with Gasteiger partial charge in [0.1, 0.15) is 6.04 Å². The van der Waals surface area contributed by atoms with Crippen LogP contribution in [0.15, 0.2) is 30.3 Å². The number of unbranched alkanes of at least 4 members (excludes halogenated alkanes) is 1. The second-order valence-corrected chi connectivity index (χ2v) is 4.09. The topological polar surface area (TPSA) is 89.6 Å². The normalized spacial score (nSPS) is 11.4. The number of benzene rings is 1. The molecular weight excluding hydrogens is 246 g/mol. The molecular formula is C14H17NO4. The molecule has 5 nitrogen and oxygen atoms in total. The number of nitrogens with two attached hydrogens (primary N) is 1. The van der Waals surface area contributed by atoms with Crippen molar-refractivity contribution in [2.24, 2.45) is 5.73 Å². The van der Waals surface area contributed by atoms with E-state index < -0.39 is 12.0 Å². The van der Waals surface area contributed by atoms with Crippen LogP contribution in [0, 0.1) is 0 Å².